The Morgan fingerprint density at radius 1 is 1.21 bits per heavy atom. The summed E-state index contributed by atoms with van der Waals surface area (Å²) < 4.78 is 6.70. The van der Waals surface area contributed by atoms with Gasteiger partial charge >= 0.3 is 0 Å². The van der Waals surface area contributed by atoms with Gasteiger partial charge in [-0.2, -0.15) is 0 Å². The zero-order valence-electron chi connectivity index (χ0n) is 11.5. The third kappa shape index (κ3) is 4.22. The number of hydrogen-bond donors (Lipinski definition) is 0. The third-order valence-electron chi connectivity index (χ3n) is 3.89. The van der Waals surface area contributed by atoms with Crippen LogP contribution in [0.2, 0.25) is 0 Å². The molecule has 0 bridgehead atoms. The summed E-state index contributed by atoms with van der Waals surface area (Å²) in [5.41, 5.74) is 1.36. The van der Waals surface area contributed by atoms with Crippen LogP contribution in [-0.4, -0.2) is 6.61 Å². The average Bonchev–Trinajstić information content (AvgIpc) is 2.67. The summed E-state index contributed by atoms with van der Waals surface area (Å²) in [6.07, 6.45) is 8.25. The van der Waals surface area contributed by atoms with Gasteiger partial charge < -0.3 is 4.74 Å². The highest BCUT2D eigenvalue weighted by Gasteiger charge is 2.23. The molecule has 0 aromatic heterocycles. The van der Waals surface area contributed by atoms with E-state index in [-0.39, 0.29) is 0 Å². The van der Waals surface area contributed by atoms with E-state index in [2.05, 4.69) is 50.1 Å². The van der Waals surface area contributed by atoms with Crippen LogP contribution in [0.3, 0.4) is 0 Å². The monoisotopic (exact) mass is 388 g/mol. The molecule has 0 radical (unpaired) electrons. The first-order valence-electron chi connectivity index (χ1n) is 7.28. The van der Waals surface area contributed by atoms with Crippen molar-refractivity contribution in [2.45, 2.75) is 50.3 Å². The van der Waals surface area contributed by atoms with Crippen LogP contribution < -0.4 is 4.74 Å². The topological polar surface area (TPSA) is 9.23 Å². The summed E-state index contributed by atoms with van der Waals surface area (Å²) in [6, 6.07) is 6.36. The Balaban J connectivity index is 2.11. The van der Waals surface area contributed by atoms with Crippen molar-refractivity contribution in [2.24, 2.45) is 5.92 Å². The molecule has 3 heteroatoms. The Kier molecular flexibility index (Phi) is 6.21. The minimum absolute atomic E-state index is 0.454. The molecule has 0 N–H and O–H groups in total. The SMILES string of the molecule is CCOc1ccc(C(Br)C2CCCCCC2)c(Br)c1. The third-order valence-corrected chi connectivity index (χ3v) is 5.82. The lowest BCUT2D eigenvalue weighted by Crippen LogP contribution is -2.07. The highest BCUT2D eigenvalue weighted by atomic mass is 79.9. The lowest BCUT2D eigenvalue weighted by molar-refractivity contribution is 0.340. The molecule has 1 unspecified atom stereocenters. The van der Waals surface area contributed by atoms with Gasteiger partial charge in [0.2, 0.25) is 0 Å². The summed E-state index contributed by atoms with van der Waals surface area (Å²) in [7, 11) is 0. The Bertz CT molecular complexity index is 398. The van der Waals surface area contributed by atoms with E-state index < -0.39 is 0 Å². The van der Waals surface area contributed by atoms with Gasteiger partial charge in [-0.25, -0.2) is 0 Å². The van der Waals surface area contributed by atoms with Gasteiger partial charge in [-0.05, 0) is 43.4 Å². The smallest absolute Gasteiger partial charge is 0.120 e. The number of hydrogen-bond acceptors (Lipinski definition) is 1. The summed E-state index contributed by atoms with van der Waals surface area (Å²) in [5.74, 6) is 1.70. The fraction of sp³-hybridized carbons (Fsp3) is 0.625. The van der Waals surface area contributed by atoms with Crippen LogP contribution >= 0.6 is 31.9 Å². The normalized spacial score (nSPS) is 18.9. The van der Waals surface area contributed by atoms with Crippen molar-refractivity contribution >= 4 is 31.9 Å². The molecular formula is C16H22Br2O. The van der Waals surface area contributed by atoms with Crippen LogP contribution in [0.25, 0.3) is 0 Å². The van der Waals surface area contributed by atoms with E-state index >= 15 is 0 Å². The second kappa shape index (κ2) is 7.68. The lowest BCUT2D eigenvalue weighted by atomic mass is 9.92. The minimum atomic E-state index is 0.454. The van der Waals surface area contributed by atoms with Crippen molar-refractivity contribution in [2.75, 3.05) is 6.61 Å². The van der Waals surface area contributed by atoms with Gasteiger partial charge in [0.05, 0.1) is 6.61 Å². The van der Waals surface area contributed by atoms with Crippen LogP contribution in [0, 0.1) is 5.92 Å². The van der Waals surface area contributed by atoms with Crippen LogP contribution in [0.15, 0.2) is 22.7 Å². The van der Waals surface area contributed by atoms with Gasteiger partial charge in [0.15, 0.2) is 0 Å². The molecule has 1 nitrogen and oxygen atoms in total. The lowest BCUT2D eigenvalue weighted by Gasteiger charge is -2.22. The quantitative estimate of drug-likeness (QED) is 0.436. The Labute approximate surface area is 133 Å². The van der Waals surface area contributed by atoms with Crippen LogP contribution in [-0.2, 0) is 0 Å². The van der Waals surface area contributed by atoms with Gasteiger partial charge in [-0.1, -0.05) is 63.6 Å². The molecule has 1 saturated carbocycles. The number of ether oxygens (including phenoxy) is 1. The minimum Gasteiger partial charge on any atom is -0.494 e. The molecule has 1 atom stereocenters. The van der Waals surface area contributed by atoms with Gasteiger partial charge in [0.25, 0.3) is 0 Å². The van der Waals surface area contributed by atoms with Gasteiger partial charge in [0.1, 0.15) is 5.75 Å². The average molecular weight is 390 g/mol. The molecule has 0 saturated heterocycles. The Morgan fingerprint density at radius 2 is 1.89 bits per heavy atom. The molecule has 1 aromatic carbocycles. The second-order valence-electron chi connectivity index (χ2n) is 5.27. The molecule has 0 amide bonds. The molecule has 0 heterocycles. The zero-order chi connectivity index (χ0) is 13.7. The van der Waals surface area contributed by atoms with Crippen molar-refractivity contribution in [1.82, 2.24) is 0 Å². The molecule has 1 fully saturated rings. The summed E-state index contributed by atoms with van der Waals surface area (Å²) >= 11 is 7.62. The molecule has 106 valence electrons. The second-order valence-corrected chi connectivity index (χ2v) is 7.11. The Hall–Kier alpha value is -0.0200. The maximum atomic E-state index is 5.54. The van der Waals surface area contributed by atoms with E-state index in [9.17, 15) is 0 Å². The molecule has 1 aromatic rings. The van der Waals surface area contributed by atoms with Crippen LogP contribution in [0.1, 0.15) is 55.8 Å². The van der Waals surface area contributed by atoms with Crippen molar-refractivity contribution in [1.29, 1.82) is 0 Å². The predicted octanol–water partition coefficient (Wildman–Crippen LogP) is 6.25. The molecule has 0 aliphatic heterocycles. The molecule has 19 heavy (non-hydrogen) atoms. The first-order valence-corrected chi connectivity index (χ1v) is 8.99. The number of benzene rings is 1. The standard InChI is InChI=1S/C16H22Br2O/c1-2-19-13-9-10-14(15(17)11-13)16(18)12-7-5-3-4-6-8-12/h9-12,16H,2-8H2,1H3. The largest absolute Gasteiger partial charge is 0.494 e. The van der Waals surface area contributed by atoms with Crippen molar-refractivity contribution in [3.05, 3.63) is 28.2 Å². The predicted molar refractivity (Wildman–Crippen MR) is 88.2 cm³/mol. The highest BCUT2D eigenvalue weighted by molar-refractivity contribution is 9.11. The van der Waals surface area contributed by atoms with Gasteiger partial charge in [-0.15, -0.1) is 0 Å². The Morgan fingerprint density at radius 3 is 2.47 bits per heavy atom. The molecule has 2 rings (SSSR count). The van der Waals surface area contributed by atoms with E-state index in [1.807, 2.05) is 6.92 Å². The number of halogens is 2. The summed E-state index contributed by atoms with van der Waals surface area (Å²) in [6.45, 7) is 2.73. The highest BCUT2D eigenvalue weighted by Crippen LogP contribution is 2.42. The van der Waals surface area contributed by atoms with Gasteiger partial charge in [-0.3, -0.25) is 0 Å². The van der Waals surface area contributed by atoms with Crippen LogP contribution in [0.4, 0.5) is 0 Å². The number of alkyl halides is 1. The van der Waals surface area contributed by atoms with Gasteiger partial charge in [0, 0.05) is 9.30 Å². The van der Waals surface area contributed by atoms with E-state index in [4.69, 9.17) is 4.74 Å². The summed E-state index contributed by atoms with van der Waals surface area (Å²) in [5, 5.41) is 0. The molecule has 1 aliphatic rings. The fourth-order valence-electron chi connectivity index (χ4n) is 2.85. The van der Waals surface area contributed by atoms with E-state index in [0.717, 1.165) is 16.1 Å². The fourth-order valence-corrected chi connectivity index (χ4v) is 4.69. The van der Waals surface area contributed by atoms with E-state index in [1.165, 1.54) is 44.1 Å². The summed E-state index contributed by atoms with van der Waals surface area (Å²) in [4.78, 5) is 0.454. The zero-order valence-corrected chi connectivity index (χ0v) is 14.7. The van der Waals surface area contributed by atoms with Crippen molar-refractivity contribution in [3.63, 3.8) is 0 Å². The maximum absolute atomic E-state index is 5.54. The maximum Gasteiger partial charge on any atom is 0.120 e. The molecule has 1 aliphatic carbocycles. The molecule has 0 spiro atoms. The van der Waals surface area contributed by atoms with Crippen molar-refractivity contribution in [3.8, 4) is 5.75 Å². The first kappa shape index (κ1) is 15.4. The molecular weight excluding hydrogens is 368 g/mol. The van der Waals surface area contributed by atoms with Crippen LogP contribution in [0.5, 0.6) is 5.75 Å². The first-order chi connectivity index (χ1) is 9.22. The van der Waals surface area contributed by atoms with E-state index in [1.54, 1.807) is 0 Å². The van der Waals surface area contributed by atoms with E-state index in [0.29, 0.717) is 11.4 Å². The number of rotatable bonds is 4. The van der Waals surface area contributed by atoms with Crippen molar-refractivity contribution < 1.29 is 4.74 Å².